The first kappa shape index (κ1) is 40.1. The van der Waals surface area contributed by atoms with Crippen molar-refractivity contribution in [1.82, 2.24) is 24.8 Å². The number of aliphatic hydroxyl groups is 1. The molecular weight excluding hydrogens is 785 g/mol. The minimum Gasteiger partial charge on any atom is -0.497 e. The number of methoxy groups -OCH3 is 2. The van der Waals surface area contributed by atoms with Gasteiger partial charge in [-0.1, -0.05) is 97.1 Å². The molecular formula is C48H50N6O6Si. The molecule has 0 radical (unpaired) electrons. The first-order chi connectivity index (χ1) is 29.6. The van der Waals surface area contributed by atoms with Gasteiger partial charge in [0.2, 0.25) is 0 Å². The number of aromatic nitrogens is 5. The van der Waals surface area contributed by atoms with Gasteiger partial charge in [0.05, 0.1) is 75.4 Å². The number of aryl methyl sites for hydroxylation is 1. The van der Waals surface area contributed by atoms with Crippen LogP contribution in [0.1, 0.15) is 41.6 Å². The molecule has 7 aromatic rings. The fraction of sp³-hybridized carbons (Fsp3) is 0.292. The van der Waals surface area contributed by atoms with E-state index in [1.165, 1.54) is 5.19 Å². The number of H-pyrrole nitrogens is 1. The maximum atomic E-state index is 15.4. The Bertz CT molecular complexity index is 2750. The van der Waals surface area contributed by atoms with Crippen molar-refractivity contribution in [1.29, 1.82) is 0 Å². The monoisotopic (exact) mass is 834 g/mol. The van der Waals surface area contributed by atoms with Crippen LogP contribution in [0.2, 0.25) is 18.6 Å². The third-order valence-corrected chi connectivity index (χ3v) is 17.5. The van der Waals surface area contributed by atoms with Crippen LogP contribution in [-0.4, -0.2) is 70.8 Å². The maximum Gasteiger partial charge on any atom is 0.279 e. The van der Waals surface area contributed by atoms with Gasteiger partial charge in [0.1, 0.15) is 11.5 Å². The molecule has 2 aromatic heterocycles. The molecule has 1 amide bonds. The Morgan fingerprint density at radius 2 is 1.59 bits per heavy atom. The van der Waals surface area contributed by atoms with E-state index in [9.17, 15) is 9.90 Å². The van der Waals surface area contributed by atoms with Gasteiger partial charge in [-0.25, -0.2) is 4.68 Å². The number of nitrogens with zero attached hydrogens (tertiary/aromatic N) is 5. The quantitative estimate of drug-likeness (QED) is 0.120. The Morgan fingerprint density at radius 3 is 2.30 bits per heavy atom. The molecule has 0 aliphatic carbocycles. The molecule has 1 spiro atoms. The smallest absolute Gasteiger partial charge is 0.279 e. The van der Waals surface area contributed by atoms with Crippen LogP contribution in [0.3, 0.4) is 0 Å². The predicted molar refractivity (Wildman–Crippen MR) is 238 cm³/mol. The lowest BCUT2D eigenvalue weighted by molar-refractivity contribution is -0.146. The van der Waals surface area contributed by atoms with Crippen LogP contribution in [0, 0.1) is 5.92 Å². The number of hydrogen-bond donors (Lipinski definition) is 2. The molecule has 1 saturated heterocycles. The highest BCUT2D eigenvalue weighted by atomic mass is 28.3. The van der Waals surface area contributed by atoms with Crippen LogP contribution in [0.15, 0.2) is 132 Å². The molecule has 1 unspecified atom stereocenters. The number of aliphatic hydroxyl groups excluding tert-OH is 1. The second-order valence-electron chi connectivity index (χ2n) is 16.7. The van der Waals surface area contributed by atoms with Crippen molar-refractivity contribution in [2.75, 3.05) is 25.7 Å². The number of fused-ring (bicyclic) bond motifs is 3. The van der Waals surface area contributed by atoms with E-state index in [1.807, 2.05) is 125 Å². The molecule has 4 heterocycles. The van der Waals surface area contributed by atoms with Crippen molar-refractivity contribution in [3.8, 4) is 17.2 Å². The molecule has 61 heavy (non-hydrogen) atoms. The Kier molecular flexibility index (Phi) is 10.5. The van der Waals surface area contributed by atoms with Crippen molar-refractivity contribution in [2.24, 2.45) is 5.92 Å². The van der Waals surface area contributed by atoms with Gasteiger partial charge in [0, 0.05) is 24.2 Å². The number of carbonyl (C=O) groups is 1. The van der Waals surface area contributed by atoms with Gasteiger partial charge in [-0.3, -0.25) is 19.4 Å². The maximum absolute atomic E-state index is 15.4. The van der Waals surface area contributed by atoms with Crippen LogP contribution in [0.25, 0.3) is 16.6 Å². The first-order valence-electron chi connectivity index (χ1n) is 20.7. The van der Waals surface area contributed by atoms with Crippen LogP contribution >= 0.6 is 0 Å². The lowest BCUT2D eigenvalue weighted by Crippen LogP contribution is -2.51. The summed E-state index contributed by atoms with van der Waals surface area (Å²) in [5, 5.41) is 24.4. The normalized spacial score (nSPS) is 20.4. The molecule has 0 bridgehead atoms. The van der Waals surface area contributed by atoms with Gasteiger partial charge in [-0.2, -0.15) is 0 Å². The van der Waals surface area contributed by atoms with Crippen molar-refractivity contribution < 1.29 is 24.1 Å². The number of anilines is 1. The number of nitrogens with one attached hydrogen (secondary N) is 1. The van der Waals surface area contributed by atoms with E-state index in [4.69, 9.17) is 14.2 Å². The molecule has 13 heteroatoms. The molecule has 2 N–H and O–H groups in total. The van der Waals surface area contributed by atoms with Gasteiger partial charge in [-0.15, -0.1) is 5.10 Å². The molecule has 1 fully saturated rings. The second-order valence-corrected chi connectivity index (χ2v) is 21.4. The van der Waals surface area contributed by atoms with Gasteiger partial charge in [0.15, 0.2) is 5.60 Å². The summed E-state index contributed by atoms with van der Waals surface area (Å²) >= 11 is 0. The Morgan fingerprint density at radius 1 is 0.885 bits per heavy atom. The summed E-state index contributed by atoms with van der Waals surface area (Å²) in [6, 6.07) is 39.2. The van der Waals surface area contributed by atoms with E-state index in [1.54, 1.807) is 18.9 Å². The molecule has 12 nitrogen and oxygen atoms in total. The summed E-state index contributed by atoms with van der Waals surface area (Å²) in [4.78, 5) is 30.5. The molecule has 2 aliphatic rings. The summed E-state index contributed by atoms with van der Waals surface area (Å²) < 4.78 is 22.1. The number of carbonyl (C=O) groups excluding carboxylic acids is 1. The number of aromatic amines is 1. The zero-order chi connectivity index (χ0) is 42.5. The second kappa shape index (κ2) is 16.0. The summed E-state index contributed by atoms with van der Waals surface area (Å²) in [5.41, 5.74) is 4.24. The SMILES string of the molecule is COc1ccc([Si](C)(C)[C@@H]2[C@@H](CCn3cc(C(CO)c4ccccc4)nn3)O[C@]3(C(=O)N(Cc4ccc(-n5[nH]c6ccccc6c5=O)cc4)c4ccc(OC)cc43)[C@H]2C)cc1. The Balaban J connectivity index is 1.06. The van der Waals surface area contributed by atoms with Crippen LogP contribution in [-0.2, 0) is 28.2 Å². The number of para-hydroxylation sites is 1. The number of amides is 1. The fourth-order valence-electron chi connectivity index (χ4n) is 9.92. The lowest BCUT2D eigenvalue weighted by Gasteiger charge is -2.37. The molecule has 5 atom stereocenters. The third kappa shape index (κ3) is 6.86. The van der Waals surface area contributed by atoms with Crippen LogP contribution in [0.5, 0.6) is 11.5 Å². The topological polar surface area (TPSA) is 137 Å². The van der Waals surface area contributed by atoms with E-state index < -0.39 is 13.7 Å². The van der Waals surface area contributed by atoms with Crippen LogP contribution < -0.4 is 25.1 Å². The summed E-state index contributed by atoms with van der Waals surface area (Å²) in [6.45, 7) is 7.64. The van der Waals surface area contributed by atoms with E-state index in [-0.39, 0.29) is 41.6 Å². The van der Waals surface area contributed by atoms with Gasteiger partial charge in [0.25, 0.3) is 11.5 Å². The minimum atomic E-state index is -2.42. The average Bonchev–Trinajstić information content (AvgIpc) is 4.03. The average molecular weight is 835 g/mol. The van der Waals surface area contributed by atoms with Crippen molar-refractivity contribution in [3.63, 3.8) is 0 Å². The molecule has 0 saturated carbocycles. The van der Waals surface area contributed by atoms with E-state index in [0.717, 1.165) is 33.6 Å². The first-order valence-corrected chi connectivity index (χ1v) is 23.8. The third-order valence-electron chi connectivity index (χ3n) is 13.1. The summed E-state index contributed by atoms with van der Waals surface area (Å²) in [5.74, 6) is 0.818. The highest BCUT2D eigenvalue weighted by Gasteiger charge is 2.66. The highest BCUT2D eigenvalue weighted by molar-refractivity contribution is 6.91. The fourth-order valence-corrected chi connectivity index (χ4v) is 14.0. The van der Waals surface area contributed by atoms with Crippen molar-refractivity contribution >= 4 is 35.8 Å². The highest BCUT2D eigenvalue weighted by Crippen LogP contribution is 2.60. The minimum absolute atomic E-state index is 0.00949. The van der Waals surface area contributed by atoms with Gasteiger partial charge in [-0.05, 0) is 77.7 Å². The van der Waals surface area contributed by atoms with Crippen molar-refractivity contribution in [2.45, 2.75) is 62.7 Å². The zero-order valence-electron chi connectivity index (χ0n) is 35.0. The predicted octanol–water partition coefficient (Wildman–Crippen LogP) is 6.90. The number of benzene rings is 5. The molecule has 9 rings (SSSR count). The Labute approximate surface area is 355 Å². The number of ether oxygens (including phenoxy) is 3. The number of hydrogen-bond acceptors (Lipinski definition) is 8. The molecule has 5 aromatic carbocycles. The molecule has 312 valence electrons. The molecule has 2 aliphatic heterocycles. The van der Waals surface area contributed by atoms with Gasteiger partial charge >= 0.3 is 0 Å². The zero-order valence-corrected chi connectivity index (χ0v) is 36.0. The van der Waals surface area contributed by atoms with Gasteiger partial charge < -0.3 is 24.2 Å². The summed E-state index contributed by atoms with van der Waals surface area (Å²) in [6.07, 6.45) is 2.18. The number of rotatable bonds is 13. The Hall–Kier alpha value is -6.28. The standard InChI is InChI=1S/C48H50N6O6Si/c1-31-45(61(4,5)37-22-19-35(58-2)20-23-37)44(25-26-52-29-42(49-51-52)39(30-55)33-11-7-6-8-12-33)60-48(31)40-27-36(59-3)21-24-43(40)53(47(48)57)28-32-15-17-34(18-16-32)54-46(56)38-13-9-10-14-41(38)50-54/h6-24,27,29,31,39,44-45,50,55H,25-26,28,30H2,1-5H3/t31-,39?,44+,45-,48+/m0/s1. The van der Waals surface area contributed by atoms with E-state index in [0.29, 0.717) is 42.0 Å². The van der Waals surface area contributed by atoms with E-state index in [2.05, 4.69) is 47.6 Å². The summed E-state index contributed by atoms with van der Waals surface area (Å²) in [7, 11) is 0.890. The van der Waals surface area contributed by atoms with Crippen molar-refractivity contribution in [3.05, 3.63) is 160 Å². The lowest BCUT2D eigenvalue weighted by atomic mass is 9.82. The van der Waals surface area contributed by atoms with E-state index >= 15 is 4.79 Å². The largest absolute Gasteiger partial charge is 0.497 e. The van der Waals surface area contributed by atoms with Crippen LogP contribution in [0.4, 0.5) is 5.69 Å².